The van der Waals surface area contributed by atoms with Crippen LogP contribution in [0.2, 0.25) is 0 Å². The molecule has 1 aromatic rings. The van der Waals surface area contributed by atoms with Crippen molar-refractivity contribution in [3.05, 3.63) is 29.8 Å². The van der Waals surface area contributed by atoms with Crippen molar-refractivity contribution in [1.82, 2.24) is 10.6 Å². The van der Waals surface area contributed by atoms with Crippen molar-refractivity contribution >= 4 is 29.9 Å². The molecule has 0 aromatic heterocycles. The van der Waals surface area contributed by atoms with Crippen LogP contribution >= 0.6 is 24.0 Å². The van der Waals surface area contributed by atoms with Gasteiger partial charge in [0.05, 0.1) is 18.8 Å². The zero-order chi connectivity index (χ0) is 18.1. The summed E-state index contributed by atoms with van der Waals surface area (Å²) in [6.45, 7) is 8.09. The van der Waals surface area contributed by atoms with Gasteiger partial charge in [-0.3, -0.25) is 4.99 Å². The Kier molecular flexibility index (Phi) is 11.0. The molecule has 1 fully saturated rings. The van der Waals surface area contributed by atoms with Crippen LogP contribution in [0, 0.1) is 5.92 Å². The first-order valence-electron chi connectivity index (χ1n) is 9.55. The van der Waals surface area contributed by atoms with E-state index in [9.17, 15) is 5.11 Å². The lowest BCUT2D eigenvalue weighted by Crippen LogP contribution is -2.38. The standard InChI is InChI=1S/C20H33N3O2.HI/c1-4-21-20(22-12-6-7-16-10-11-16)23-14-19(24)17-8-5-9-18(13-17)25-15(2)3;/h5,8-9,13,15-16,19,24H,4,6-7,10-12,14H2,1-3H3,(H2,21,22,23);1H. The van der Waals surface area contributed by atoms with Crippen LogP contribution < -0.4 is 15.4 Å². The zero-order valence-electron chi connectivity index (χ0n) is 16.2. The van der Waals surface area contributed by atoms with Gasteiger partial charge in [-0.25, -0.2) is 0 Å². The van der Waals surface area contributed by atoms with Crippen molar-refractivity contribution < 1.29 is 9.84 Å². The lowest BCUT2D eigenvalue weighted by Gasteiger charge is -2.15. The van der Waals surface area contributed by atoms with Crippen molar-refractivity contribution in [2.75, 3.05) is 19.6 Å². The highest BCUT2D eigenvalue weighted by atomic mass is 127. The third-order valence-corrected chi connectivity index (χ3v) is 4.16. The fraction of sp³-hybridized carbons (Fsp3) is 0.650. The molecule has 3 N–H and O–H groups in total. The molecule has 5 nitrogen and oxygen atoms in total. The lowest BCUT2D eigenvalue weighted by atomic mass is 10.1. The van der Waals surface area contributed by atoms with Gasteiger partial charge < -0.3 is 20.5 Å². The average molecular weight is 475 g/mol. The summed E-state index contributed by atoms with van der Waals surface area (Å²) < 4.78 is 5.69. The Morgan fingerprint density at radius 3 is 2.73 bits per heavy atom. The van der Waals surface area contributed by atoms with Gasteiger partial charge in [0.2, 0.25) is 0 Å². The van der Waals surface area contributed by atoms with Crippen LogP contribution in [0.5, 0.6) is 5.75 Å². The largest absolute Gasteiger partial charge is 0.491 e. The van der Waals surface area contributed by atoms with Gasteiger partial charge in [-0.15, -0.1) is 24.0 Å². The van der Waals surface area contributed by atoms with Gasteiger partial charge in [0.25, 0.3) is 0 Å². The molecule has 2 rings (SSSR count). The predicted octanol–water partition coefficient (Wildman–Crippen LogP) is 3.87. The minimum Gasteiger partial charge on any atom is -0.491 e. The quantitative estimate of drug-likeness (QED) is 0.208. The molecule has 1 aliphatic carbocycles. The first-order valence-corrected chi connectivity index (χ1v) is 9.55. The van der Waals surface area contributed by atoms with Crippen molar-refractivity contribution in [3.63, 3.8) is 0 Å². The van der Waals surface area contributed by atoms with Crippen molar-refractivity contribution in [2.24, 2.45) is 10.9 Å². The Morgan fingerprint density at radius 1 is 1.31 bits per heavy atom. The van der Waals surface area contributed by atoms with Crippen LogP contribution in [0.3, 0.4) is 0 Å². The summed E-state index contributed by atoms with van der Waals surface area (Å²) in [6.07, 6.45) is 4.76. The van der Waals surface area contributed by atoms with Crippen LogP contribution in [-0.2, 0) is 0 Å². The maximum absolute atomic E-state index is 10.4. The van der Waals surface area contributed by atoms with Crippen LogP contribution in [0.15, 0.2) is 29.3 Å². The number of aliphatic imine (C=N–C) groups is 1. The van der Waals surface area contributed by atoms with E-state index in [2.05, 4.69) is 15.6 Å². The first kappa shape index (κ1) is 23.0. The molecule has 0 saturated heterocycles. The maximum atomic E-state index is 10.4. The van der Waals surface area contributed by atoms with E-state index >= 15 is 0 Å². The van der Waals surface area contributed by atoms with Gasteiger partial charge in [-0.1, -0.05) is 25.0 Å². The number of rotatable bonds is 10. The number of nitrogens with zero attached hydrogens (tertiary/aromatic N) is 1. The summed E-state index contributed by atoms with van der Waals surface area (Å²) >= 11 is 0. The molecular formula is C20H34IN3O2. The number of guanidine groups is 1. The number of halogens is 1. The van der Waals surface area contributed by atoms with Gasteiger partial charge >= 0.3 is 0 Å². The minimum atomic E-state index is -0.641. The fourth-order valence-electron chi connectivity index (χ4n) is 2.70. The highest BCUT2D eigenvalue weighted by Crippen LogP contribution is 2.33. The summed E-state index contributed by atoms with van der Waals surface area (Å²) in [5.74, 6) is 2.51. The average Bonchev–Trinajstić information content (AvgIpc) is 3.40. The van der Waals surface area contributed by atoms with E-state index in [-0.39, 0.29) is 30.1 Å². The third kappa shape index (κ3) is 9.07. The molecule has 0 radical (unpaired) electrons. The van der Waals surface area contributed by atoms with E-state index in [0.29, 0.717) is 6.54 Å². The molecule has 26 heavy (non-hydrogen) atoms. The van der Waals surface area contributed by atoms with E-state index in [1.807, 2.05) is 45.0 Å². The van der Waals surface area contributed by atoms with Gasteiger partial charge in [0, 0.05) is 13.1 Å². The van der Waals surface area contributed by atoms with E-state index in [1.54, 1.807) is 0 Å². The normalized spacial score (nSPS) is 15.3. The maximum Gasteiger partial charge on any atom is 0.191 e. The lowest BCUT2D eigenvalue weighted by molar-refractivity contribution is 0.185. The molecule has 1 atom stereocenters. The number of nitrogens with one attached hydrogen (secondary N) is 2. The molecule has 0 bridgehead atoms. The number of ether oxygens (including phenoxy) is 1. The zero-order valence-corrected chi connectivity index (χ0v) is 18.5. The molecule has 1 aromatic carbocycles. The number of benzene rings is 1. The molecule has 0 aliphatic heterocycles. The topological polar surface area (TPSA) is 65.9 Å². The Morgan fingerprint density at radius 2 is 2.08 bits per heavy atom. The molecule has 148 valence electrons. The Balaban J connectivity index is 0.00000338. The second kappa shape index (κ2) is 12.4. The van der Waals surface area contributed by atoms with Gasteiger partial charge in [0.1, 0.15) is 5.75 Å². The molecule has 0 heterocycles. The Hall–Kier alpha value is -1.02. The fourth-order valence-corrected chi connectivity index (χ4v) is 2.70. The molecule has 6 heteroatoms. The summed E-state index contributed by atoms with van der Waals surface area (Å²) in [6, 6.07) is 7.60. The van der Waals surface area contributed by atoms with Crippen molar-refractivity contribution in [3.8, 4) is 5.75 Å². The second-order valence-corrected chi connectivity index (χ2v) is 6.99. The predicted molar refractivity (Wildman–Crippen MR) is 119 cm³/mol. The van der Waals surface area contributed by atoms with Crippen LogP contribution in [-0.4, -0.2) is 36.8 Å². The number of hydrogen-bond donors (Lipinski definition) is 3. The molecular weight excluding hydrogens is 441 g/mol. The molecule has 0 amide bonds. The van der Waals surface area contributed by atoms with Gasteiger partial charge in [-0.05, 0) is 57.2 Å². The molecule has 0 spiro atoms. The highest BCUT2D eigenvalue weighted by Gasteiger charge is 2.20. The molecule has 1 aliphatic rings. The summed E-state index contributed by atoms with van der Waals surface area (Å²) in [5.41, 5.74) is 0.825. The third-order valence-electron chi connectivity index (χ3n) is 4.16. The Labute approximate surface area is 175 Å². The number of aliphatic hydroxyl groups is 1. The van der Waals surface area contributed by atoms with E-state index in [4.69, 9.17) is 4.74 Å². The summed E-state index contributed by atoms with van der Waals surface area (Å²) in [7, 11) is 0. The Bertz CT molecular complexity index is 548. The van der Waals surface area contributed by atoms with Gasteiger partial charge in [-0.2, -0.15) is 0 Å². The molecule has 1 unspecified atom stereocenters. The second-order valence-electron chi connectivity index (χ2n) is 6.99. The SMILES string of the molecule is CCNC(=NCC(O)c1cccc(OC(C)C)c1)NCCCC1CC1.I. The van der Waals surface area contributed by atoms with E-state index < -0.39 is 6.10 Å². The van der Waals surface area contributed by atoms with Crippen LogP contribution in [0.25, 0.3) is 0 Å². The highest BCUT2D eigenvalue weighted by molar-refractivity contribution is 14.0. The van der Waals surface area contributed by atoms with Crippen molar-refractivity contribution in [1.29, 1.82) is 0 Å². The molecule has 1 saturated carbocycles. The van der Waals surface area contributed by atoms with Crippen LogP contribution in [0.1, 0.15) is 58.1 Å². The minimum absolute atomic E-state index is 0. The van der Waals surface area contributed by atoms with E-state index in [1.165, 1.54) is 25.7 Å². The number of aliphatic hydroxyl groups excluding tert-OH is 1. The number of hydrogen-bond acceptors (Lipinski definition) is 3. The monoisotopic (exact) mass is 475 g/mol. The van der Waals surface area contributed by atoms with E-state index in [0.717, 1.165) is 36.3 Å². The first-order chi connectivity index (χ1) is 12.1. The van der Waals surface area contributed by atoms with Gasteiger partial charge in [0.15, 0.2) is 5.96 Å². The summed E-state index contributed by atoms with van der Waals surface area (Å²) in [4.78, 5) is 4.52. The van der Waals surface area contributed by atoms with Crippen molar-refractivity contribution in [2.45, 2.75) is 58.7 Å². The van der Waals surface area contributed by atoms with Crippen LogP contribution in [0.4, 0.5) is 0 Å². The summed E-state index contributed by atoms with van der Waals surface area (Å²) in [5, 5.41) is 17.0. The smallest absolute Gasteiger partial charge is 0.191 e.